The minimum absolute atomic E-state index is 0.155. The lowest BCUT2D eigenvalue weighted by atomic mass is 10.2. The van der Waals surface area contributed by atoms with Crippen LogP contribution in [0, 0.1) is 0 Å². The molecule has 0 bridgehead atoms. The molecule has 2 nitrogen and oxygen atoms in total. The highest BCUT2D eigenvalue weighted by Gasteiger charge is 2.03. The van der Waals surface area contributed by atoms with Crippen molar-refractivity contribution in [2.75, 3.05) is 6.54 Å². The summed E-state index contributed by atoms with van der Waals surface area (Å²) < 4.78 is 0. The van der Waals surface area contributed by atoms with Gasteiger partial charge in [0.2, 0.25) is 0 Å². The Morgan fingerprint density at radius 3 is 3.17 bits per heavy atom. The number of nitrogens with zero attached hydrogens (tertiary/aromatic N) is 1. The molecule has 1 aromatic heterocycles. The molecule has 0 N–H and O–H groups in total. The molecule has 0 aromatic carbocycles. The fourth-order valence-electron chi connectivity index (χ4n) is 0.814. The summed E-state index contributed by atoms with van der Waals surface area (Å²) >= 11 is 1.48. The Morgan fingerprint density at radius 1 is 1.75 bits per heavy atom. The second-order valence-corrected chi connectivity index (χ2v) is 3.23. The molecule has 0 spiro atoms. The summed E-state index contributed by atoms with van der Waals surface area (Å²) in [5.41, 5.74) is 0. The highest BCUT2D eigenvalue weighted by Crippen LogP contribution is 2.10. The molecule has 0 saturated carbocycles. The van der Waals surface area contributed by atoms with Gasteiger partial charge < -0.3 is 0 Å². The van der Waals surface area contributed by atoms with Crippen LogP contribution in [0.2, 0.25) is 0 Å². The first-order valence-electron chi connectivity index (χ1n) is 3.89. The van der Waals surface area contributed by atoms with Gasteiger partial charge in [0.05, 0.1) is 4.88 Å². The maximum absolute atomic E-state index is 11.3. The molecule has 1 rings (SSSR count). The van der Waals surface area contributed by atoms with Crippen LogP contribution in [0.4, 0.5) is 0 Å². The zero-order valence-electron chi connectivity index (χ0n) is 6.99. The normalized spacial score (nSPS) is 10.8. The first kappa shape index (κ1) is 9.13. The van der Waals surface area contributed by atoms with E-state index in [1.807, 2.05) is 24.4 Å². The van der Waals surface area contributed by atoms with Gasteiger partial charge in [-0.2, -0.15) is 0 Å². The van der Waals surface area contributed by atoms with Crippen LogP contribution in [0.1, 0.15) is 23.0 Å². The molecule has 0 saturated heterocycles. The van der Waals surface area contributed by atoms with Crippen molar-refractivity contribution in [1.29, 1.82) is 0 Å². The van der Waals surface area contributed by atoms with Crippen molar-refractivity contribution >= 4 is 23.3 Å². The highest BCUT2D eigenvalue weighted by molar-refractivity contribution is 7.12. The number of aliphatic imine (C=N–C) groups is 1. The van der Waals surface area contributed by atoms with Gasteiger partial charge in [-0.25, -0.2) is 0 Å². The molecule has 0 fully saturated rings. The van der Waals surface area contributed by atoms with Gasteiger partial charge >= 0.3 is 0 Å². The van der Waals surface area contributed by atoms with Gasteiger partial charge in [-0.1, -0.05) is 6.07 Å². The molecule has 1 aromatic rings. The third kappa shape index (κ3) is 2.58. The van der Waals surface area contributed by atoms with Crippen LogP contribution >= 0.6 is 11.3 Å². The first-order valence-corrected chi connectivity index (χ1v) is 4.77. The van der Waals surface area contributed by atoms with Crippen LogP contribution in [0.3, 0.4) is 0 Å². The van der Waals surface area contributed by atoms with E-state index in [1.54, 1.807) is 6.21 Å². The lowest BCUT2D eigenvalue weighted by Crippen LogP contribution is -1.95. The van der Waals surface area contributed by atoms with E-state index in [9.17, 15) is 4.79 Å². The summed E-state index contributed by atoms with van der Waals surface area (Å²) in [6.07, 6.45) is 2.11. The Kier molecular flexibility index (Phi) is 3.67. The second-order valence-electron chi connectivity index (χ2n) is 2.29. The van der Waals surface area contributed by atoms with Crippen LogP contribution < -0.4 is 0 Å². The average Bonchev–Trinajstić information content (AvgIpc) is 2.56. The predicted molar refractivity (Wildman–Crippen MR) is 52.3 cm³/mol. The fraction of sp³-hybridized carbons (Fsp3) is 0.333. The van der Waals surface area contributed by atoms with Crippen molar-refractivity contribution in [3.05, 3.63) is 22.4 Å². The lowest BCUT2D eigenvalue weighted by molar-refractivity contribution is 0.101. The highest BCUT2D eigenvalue weighted by atomic mass is 32.1. The third-order valence-corrected chi connectivity index (χ3v) is 2.30. The minimum Gasteiger partial charge on any atom is -0.297 e. The molecule has 0 aliphatic carbocycles. The topological polar surface area (TPSA) is 29.4 Å². The number of rotatable bonds is 4. The second kappa shape index (κ2) is 4.83. The first-order chi connectivity index (χ1) is 5.84. The Morgan fingerprint density at radius 2 is 2.58 bits per heavy atom. The van der Waals surface area contributed by atoms with Gasteiger partial charge in [0.1, 0.15) is 0 Å². The van der Waals surface area contributed by atoms with Crippen molar-refractivity contribution in [2.24, 2.45) is 4.99 Å². The Labute approximate surface area is 76.0 Å². The van der Waals surface area contributed by atoms with Gasteiger partial charge in [-0.3, -0.25) is 9.79 Å². The van der Waals surface area contributed by atoms with Gasteiger partial charge in [0, 0.05) is 19.2 Å². The number of ketones is 1. The van der Waals surface area contributed by atoms with Crippen molar-refractivity contribution in [2.45, 2.75) is 13.3 Å². The van der Waals surface area contributed by atoms with Crippen molar-refractivity contribution in [3.63, 3.8) is 0 Å². The third-order valence-electron chi connectivity index (χ3n) is 1.38. The molecule has 0 aliphatic rings. The maximum Gasteiger partial charge on any atom is 0.178 e. The molecular formula is C9H11NOS. The Bertz CT molecular complexity index is 264. The number of carbonyl (C=O) groups excluding carboxylic acids is 1. The van der Waals surface area contributed by atoms with Crippen molar-refractivity contribution in [3.8, 4) is 0 Å². The summed E-state index contributed by atoms with van der Waals surface area (Å²) in [6.45, 7) is 2.70. The van der Waals surface area contributed by atoms with E-state index in [0.29, 0.717) is 6.42 Å². The summed E-state index contributed by atoms with van der Waals surface area (Å²) in [7, 11) is 0. The van der Waals surface area contributed by atoms with Crippen LogP contribution in [0.15, 0.2) is 22.5 Å². The molecule has 0 unspecified atom stereocenters. The molecule has 64 valence electrons. The van der Waals surface area contributed by atoms with Gasteiger partial charge in [0.25, 0.3) is 0 Å². The molecule has 1 heterocycles. The summed E-state index contributed by atoms with van der Waals surface area (Å²) in [5, 5.41) is 1.91. The van der Waals surface area contributed by atoms with Crippen LogP contribution in [0.5, 0.6) is 0 Å². The van der Waals surface area contributed by atoms with Crippen LogP contribution in [-0.4, -0.2) is 18.5 Å². The molecule has 0 radical (unpaired) electrons. The Balaban J connectivity index is 2.45. The van der Waals surface area contributed by atoms with E-state index in [4.69, 9.17) is 0 Å². The molecule has 12 heavy (non-hydrogen) atoms. The summed E-state index contributed by atoms with van der Waals surface area (Å²) in [4.78, 5) is 16.1. The molecule has 0 atom stereocenters. The van der Waals surface area contributed by atoms with E-state index in [1.165, 1.54) is 11.3 Å². The smallest absolute Gasteiger partial charge is 0.178 e. The molecular weight excluding hydrogens is 170 g/mol. The Hall–Kier alpha value is -0.960. The monoisotopic (exact) mass is 181 g/mol. The minimum atomic E-state index is 0.155. The van der Waals surface area contributed by atoms with E-state index in [0.717, 1.165) is 11.4 Å². The van der Waals surface area contributed by atoms with E-state index < -0.39 is 0 Å². The largest absolute Gasteiger partial charge is 0.297 e. The SMILES string of the molecule is CCN=CCC(=O)c1cccs1. The number of carbonyl (C=O) groups is 1. The van der Waals surface area contributed by atoms with E-state index in [-0.39, 0.29) is 5.78 Å². The number of hydrogen-bond donors (Lipinski definition) is 0. The lowest BCUT2D eigenvalue weighted by Gasteiger charge is -1.89. The molecule has 0 aliphatic heterocycles. The van der Waals surface area contributed by atoms with E-state index >= 15 is 0 Å². The van der Waals surface area contributed by atoms with Crippen LogP contribution in [0.25, 0.3) is 0 Å². The number of hydrogen-bond acceptors (Lipinski definition) is 3. The average molecular weight is 181 g/mol. The fourth-order valence-corrected chi connectivity index (χ4v) is 1.49. The zero-order valence-corrected chi connectivity index (χ0v) is 7.80. The number of thiophene rings is 1. The summed E-state index contributed by atoms with van der Waals surface area (Å²) in [6, 6.07) is 3.72. The van der Waals surface area contributed by atoms with Crippen molar-refractivity contribution < 1.29 is 4.79 Å². The van der Waals surface area contributed by atoms with Gasteiger partial charge in [-0.15, -0.1) is 11.3 Å². The predicted octanol–water partition coefficient (Wildman–Crippen LogP) is 2.41. The number of Topliss-reactive ketones (excluding diaryl/α,β-unsaturated/α-hetero) is 1. The molecule has 3 heteroatoms. The zero-order chi connectivity index (χ0) is 8.81. The molecule has 0 amide bonds. The van der Waals surface area contributed by atoms with Gasteiger partial charge in [0.15, 0.2) is 5.78 Å². The van der Waals surface area contributed by atoms with Gasteiger partial charge in [-0.05, 0) is 18.4 Å². The van der Waals surface area contributed by atoms with E-state index in [2.05, 4.69) is 4.99 Å². The van der Waals surface area contributed by atoms with Crippen molar-refractivity contribution in [1.82, 2.24) is 0 Å². The standard InChI is InChI=1S/C9H11NOS/c1-2-10-6-5-8(11)9-4-3-7-12-9/h3-4,6-7H,2,5H2,1H3. The maximum atomic E-state index is 11.3. The quantitative estimate of drug-likeness (QED) is 0.518. The van der Waals surface area contributed by atoms with Crippen LogP contribution in [-0.2, 0) is 0 Å². The summed E-state index contributed by atoms with van der Waals surface area (Å²) in [5.74, 6) is 0.155.